The molecule has 0 heterocycles. The van der Waals surface area contributed by atoms with Crippen LogP contribution in [0.5, 0.6) is 5.75 Å². The molecule has 1 aromatic carbocycles. The molecule has 0 aliphatic carbocycles. The Morgan fingerprint density at radius 2 is 1.81 bits per heavy atom. The number of phenolic OH excluding ortho intramolecular Hbond substituents is 1. The molecule has 0 radical (unpaired) electrons. The molecule has 1 aromatic rings. The molecule has 1 unspecified atom stereocenters. The number of carboxylic acid groups (broad SMARTS) is 1. The molecule has 2 N–H and O–H groups in total. The zero-order valence-electron chi connectivity index (χ0n) is 9.08. The lowest BCUT2D eigenvalue weighted by atomic mass is 9.97. The third-order valence-electron chi connectivity index (χ3n) is 2.27. The van der Waals surface area contributed by atoms with Gasteiger partial charge < -0.3 is 19.7 Å². The Hall–Kier alpha value is -1.59. The summed E-state index contributed by atoms with van der Waals surface area (Å²) in [7, 11) is 2.70. The Bertz CT molecular complexity index is 359. The van der Waals surface area contributed by atoms with Crippen molar-refractivity contribution in [2.24, 2.45) is 0 Å². The highest BCUT2D eigenvalue weighted by atomic mass is 16.7. The summed E-state index contributed by atoms with van der Waals surface area (Å²) in [4.78, 5) is 11.1. The molecule has 5 nitrogen and oxygen atoms in total. The summed E-state index contributed by atoms with van der Waals surface area (Å²) < 4.78 is 9.84. The van der Waals surface area contributed by atoms with Gasteiger partial charge in [0.15, 0.2) is 6.29 Å². The number of hydrogen-bond donors (Lipinski definition) is 2. The normalized spacial score (nSPS) is 12.7. The van der Waals surface area contributed by atoms with Crippen LogP contribution in [0.1, 0.15) is 11.5 Å². The number of rotatable bonds is 5. The van der Waals surface area contributed by atoms with E-state index in [-0.39, 0.29) is 11.3 Å². The van der Waals surface area contributed by atoms with Crippen molar-refractivity contribution in [2.75, 3.05) is 14.2 Å². The Labute approximate surface area is 93.2 Å². The van der Waals surface area contributed by atoms with Gasteiger partial charge in [-0.15, -0.1) is 0 Å². The van der Waals surface area contributed by atoms with Gasteiger partial charge in [-0.25, -0.2) is 0 Å². The van der Waals surface area contributed by atoms with Crippen LogP contribution in [0.3, 0.4) is 0 Å². The quantitative estimate of drug-likeness (QED) is 0.737. The molecule has 0 fully saturated rings. The summed E-state index contributed by atoms with van der Waals surface area (Å²) in [5.74, 6) is -2.26. The molecular formula is C11H14O5. The van der Waals surface area contributed by atoms with E-state index in [1.165, 1.54) is 26.4 Å². The molecular weight excluding hydrogens is 212 g/mol. The number of carbonyl (C=O) groups is 1. The first kappa shape index (κ1) is 12.5. The van der Waals surface area contributed by atoms with E-state index in [1.807, 2.05) is 0 Å². The first-order valence-electron chi connectivity index (χ1n) is 4.68. The number of methoxy groups -OCH3 is 2. The van der Waals surface area contributed by atoms with E-state index in [1.54, 1.807) is 12.1 Å². The van der Waals surface area contributed by atoms with E-state index >= 15 is 0 Å². The highest BCUT2D eigenvalue weighted by Crippen LogP contribution is 2.29. The van der Waals surface area contributed by atoms with Crippen LogP contribution in [0.4, 0.5) is 0 Å². The van der Waals surface area contributed by atoms with E-state index in [0.717, 1.165) is 0 Å². The molecule has 5 heteroatoms. The minimum absolute atomic E-state index is 0.0889. The van der Waals surface area contributed by atoms with Gasteiger partial charge in [0.1, 0.15) is 11.7 Å². The van der Waals surface area contributed by atoms with Gasteiger partial charge in [-0.2, -0.15) is 0 Å². The van der Waals surface area contributed by atoms with E-state index in [9.17, 15) is 9.90 Å². The van der Waals surface area contributed by atoms with Crippen molar-refractivity contribution in [1.29, 1.82) is 0 Å². The third kappa shape index (κ3) is 2.50. The van der Waals surface area contributed by atoms with Crippen LogP contribution in [0, 0.1) is 0 Å². The summed E-state index contributed by atoms with van der Waals surface area (Å²) in [5.41, 5.74) is 0.267. The average molecular weight is 226 g/mol. The van der Waals surface area contributed by atoms with Gasteiger partial charge in [-0.05, 0) is 6.07 Å². The molecule has 0 spiro atoms. The number of aliphatic carboxylic acids is 1. The number of carboxylic acids is 1. The second kappa shape index (κ2) is 5.48. The summed E-state index contributed by atoms with van der Waals surface area (Å²) >= 11 is 0. The first-order chi connectivity index (χ1) is 7.61. The first-order valence-corrected chi connectivity index (χ1v) is 4.68. The molecule has 0 amide bonds. The van der Waals surface area contributed by atoms with Crippen molar-refractivity contribution in [3.8, 4) is 5.75 Å². The molecule has 1 rings (SSSR count). The summed E-state index contributed by atoms with van der Waals surface area (Å²) in [6.07, 6.45) is -0.939. The fourth-order valence-electron chi connectivity index (χ4n) is 1.51. The summed E-state index contributed by atoms with van der Waals surface area (Å²) in [6, 6.07) is 6.21. The average Bonchev–Trinajstić information content (AvgIpc) is 2.27. The van der Waals surface area contributed by atoms with Gasteiger partial charge >= 0.3 is 5.97 Å². The minimum Gasteiger partial charge on any atom is -0.508 e. The van der Waals surface area contributed by atoms with Gasteiger partial charge in [0, 0.05) is 19.8 Å². The molecule has 0 saturated heterocycles. The number of phenols is 1. The smallest absolute Gasteiger partial charge is 0.316 e. The van der Waals surface area contributed by atoms with Gasteiger partial charge in [-0.3, -0.25) is 4.79 Å². The Kier molecular flexibility index (Phi) is 4.28. The van der Waals surface area contributed by atoms with Crippen LogP contribution in [-0.2, 0) is 14.3 Å². The minimum atomic E-state index is -1.12. The fraction of sp³-hybridized carbons (Fsp3) is 0.364. The number of aromatic hydroxyl groups is 1. The third-order valence-corrected chi connectivity index (χ3v) is 2.27. The maximum atomic E-state index is 11.1. The zero-order valence-corrected chi connectivity index (χ0v) is 9.08. The standard InChI is InChI=1S/C11H14O5/c1-15-11(16-2)9(10(13)14)7-5-3-4-6-8(7)12/h3-6,9,11-12H,1-2H3,(H,13,14). The van der Waals surface area contributed by atoms with Crippen LogP contribution in [-0.4, -0.2) is 36.7 Å². The topological polar surface area (TPSA) is 76.0 Å². The SMILES string of the molecule is COC(OC)C(C(=O)O)c1ccccc1O. The Morgan fingerprint density at radius 3 is 2.25 bits per heavy atom. The number of para-hydroxylation sites is 1. The lowest BCUT2D eigenvalue weighted by molar-refractivity contribution is -0.160. The van der Waals surface area contributed by atoms with Crippen molar-refractivity contribution < 1.29 is 24.5 Å². The molecule has 0 aromatic heterocycles. The van der Waals surface area contributed by atoms with E-state index in [4.69, 9.17) is 14.6 Å². The van der Waals surface area contributed by atoms with Crippen molar-refractivity contribution in [3.63, 3.8) is 0 Å². The second-order valence-corrected chi connectivity index (χ2v) is 3.21. The maximum Gasteiger partial charge on any atom is 0.316 e. The van der Waals surface area contributed by atoms with Crippen LogP contribution in [0.2, 0.25) is 0 Å². The van der Waals surface area contributed by atoms with E-state index in [0.29, 0.717) is 0 Å². The summed E-state index contributed by atoms with van der Waals surface area (Å²) in [5, 5.41) is 18.7. The molecule has 0 aliphatic heterocycles. The van der Waals surface area contributed by atoms with Crippen molar-refractivity contribution in [1.82, 2.24) is 0 Å². The molecule has 16 heavy (non-hydrogen) atoms. The Balaban J connectivity index is 3.12. The Morgan fingerprint density at radius 1 is 1.25 bits per heavy atom. The van der Waals surface area contributed by atoms with Crippen LogP contribution < -0.4 is 0 Å². The maximum absolute atomic E-state index is 11.1. The monoisotopic (exact) mass is 226 g/mol. The van der Waals surface area contributed by atoms with Gasteiger partial charge in [0.25, 0.3) is 0 Å². The van der Waals surface area contributed by atoms with Crippen molar-refractivity contribution in [2.45, 2.75) is 12.2 Å². The number of ether oxygens (including phenoxy) is 2. The molecule has 0 saturated carbocycles. The summed E-state index contributed by atoms with van der Waals surface area (Å²) in [6.45, 7) is 0. The van der Waals surface area contributed by atoms with Gasteiger partial charge in [0.2, 0.25) is 0 Å². The van der Waals surface area contributed by atoms with E-state index in [2.05, 4.69) is 0 Å². The molecule has 0 bridgehead atoms. The molecule has 88 valence electrons. The second-order valence-electron chi connectivity index (χ2n) is 3.21. The highest BCUT2D eigenvalue weighted by Gasteiger charge is 2.31. The van der Waals surface area contributed by atoms with Crippen LogP contribution in [0.25, 0.3) is 0 Å². The van der Waals surface area contributed by atoms with Crippen molar-refractivity contribution in [3.05, 3.63) is 29.8 Å². The lowest BCUT2D eigenvalue weighted by Crippen LogP contribution is -2.29. The highest BCUT2D eigenvalue weighted by molar-refractivity contribution is 5.77. The predicted molar refractivity (Wildman–Crippen MR) is 56.3 cm³/mol. The molecule has 1 atom stereocenters. The number of hydrogen-bond acceptors (Lipinski definition) is 4. The largest absolute Gasteiger partial charge is 0.508 e. The van der Waals surface area contributed by atoms with Crippen LogP contribution in [0.15, 0.2) is 24.3 Å². The van der Waals surface area contributed by atoms with Crippen LogP contribution >= 0.6 is 0 Å². The fourth-order valence-corrected chi connectivity index (χ4v) is 1.51. The predicted octanol–water partition coefficient (Wildman–Crippen LogP) is 1.18. The van der Waals surface area contributed by atoms with Crippen molar-refractivity contribution >= 4 is 5.97 Å². The van der Waals surface area contributed by atoms with E-state index < -0.39 is 18.2 Å². The molecule has 0 aliphatic rings. The lowest BCUT2D eigenvalue weighted by Gasteiger charge is -2.22. The number of benzene rings is 1. The van der Waals surface area contributed by atoms with Gasteiger partial charge in [0.05, 0.1) is 0 Å². The van der Waals surface area contributed by atoms with Gasteiger partial charge in [-0.1, -0.05) is 18.2 Å². The zero-order chi connectivity index (χ0) is 12.1.